The van der Waals surface area contributed by atoms with Gasteiger partial charge in [-0.1, -0.05) is 6.58 Å². The molecule has 0 aromatic rings. The summed E-state index contributed by atoms with van der Waals surface area (Å²) >= 11 is 4.07. The van der Waals surface area contributed by atoms with Gasteiger partial charge in [-0.25, -0.2) is 4.79 Å². The van der Waals surface area contributed by atoms with Gasteiger partial charge in [0.25, 0.3) is 0 Å². The van der Waals surface area contributed by atoms with Crippen LogP contribution in [0, 0.1) is 0 Å². The van der Waals surface area contributed by atoms with Crippen molar-refractivity contribution in [3.63, 3.8) is 0 Å². The van der Waals surface area contributed by atoms with Crippen molar-refractivity contribution in [2.75, 3.05) is 18.9 Å². The van der Waals surface area contributed by atoms with Crippen molar-refractivity contribution in [3.8, 4) is 0 Å². The van der Waals surface area contributed by atoms with E-state index in [9.17, 15) is 9.59 Å². The minimum atomic E-state index is -0.384. The largest absolute Gasteiger partial charge is 0.462 e. The zero-order valence-electron chi connectivity index (χ0n) is 10.3. The molecule has 98 valence electrons. The number of amides is 1. The number of carbonyl (C=O) groups is 2. The second kappa shape index (κ2) is 10.2. The van der Waals surface area contributed by atoms with Crippen molar-refractivity contribution in [1.82, 2.24) is 5.32 Å². The van der Waals surface area contributed by atoms with Gasteiger partial charge < -0.3 is 10.1 Å². The van der Waals surface area contributed by atoms with E-state index in [1.807, 2.05) is 0 Å². The normalized spacial score (nSPS) is 9.76. The number of nitrogens with one attached hydrogen (secondary N) is 1. The third-order valence-corrected chi connectivity index (χ3v) is 2.35. The Labute approximate surface area is 108 Å². The average molecular weight is 259 g/mol. The summed E-state index contributed by atoms with van der Waals surface area (Å²) in [6.45, 7) is 5.92. The van der Waals surface area contributed by atoms with Gasteiger partial charge in [-0.2, -0.15) is 12.6 Å². The van der Waals surface area contributed by atoms with Gasteiger partial charge in [-0.05, 0) is 31.9 Å². The van der Waals surface area contributed by atoms with Gasteiger partial charge in [-0.3, -0.25) is 4.79 Å². The topological polar surface area (TPSA) is 55.4 Å². The zero-order valence-corrected chi connectivity index (χ0v) is 11.2. The summed E-state index contributed by atoms with van der Waals surface area (Å²) in [5.41, 5.74) is 0.390. The fourth-order valence-corrected chi connectivity index (χ4v) is 1.30. The summed E-state index contributed by atoms with van der Waals surface area (Å²) in [6.07, 6.45) is 2.97. The van der Waals surface area contributed by atoms with Crippen LogP contribution in [0.15, 0.2) is 12.2 Å². The van der Waals surface area contributed by atoms with Crippen LogP contribution in [0.2, 0.25) is 0 Å². The van der Waals surface area contributed by atoms with Gasteiger partial charge in [0.1, 0.15) is 0 Å². The van der Waals surface area contributed by atoms with Crippen LogP contribution in [0.5, 0.6) is 0 Å². The first-order valence-electron chi connectivity index (χ1n) is 5.78. The summed E-state index contributed by atoms with van der Waals surface area (Å²) in [7, 11) is 0. The van der Waals surface area contributed by atoms with Gasteiger partial charge in [0.2, 0.25) is 5.91 Å². The molecular weight excluding hydrogens is 238 g/mol. The Morgan fingerprint density at radius 2 is 2.00 bits per heavy atom. The van der Waals surface area contributed by atoms with E-state index < -0.39 is 0 Å². The van der Waals surface area contributed by atoms with Gasteiger partial charge >= 0.3 is 5.97 Å². The minimum absolute atomic E-state index is 0.0398. The minimum Gasteiger partial charge on any atom is -0.462 e. The molecule has 0 aromatic heterocycles. The van der Waals surface area contributed by atoms with Gasteiger partial charge in [0, 0.05) is 18.5 Å². The summed E-state index contributed by atoms with van der Waals surface area (Å²) in [5.74, 6) is 0.465. The van der Waals surface area contributed by atoms with Crippen LogP contribution in [0.1, 0.15) is 32.6 Å². The first-order chi connectivity index (χ1) is 8.07. The van der Waals surface area contributed by atoms with Crippen LogP contribution in [0.25, 0.3) is 0 Å². The average Bonchev–Trinajstić information content (AvgIpc) is 2.28. The SMILES string of the molecule is C=C(C)C(=O)OCCCNC(=O)CCCCS. The number of esters is 1. The molecule has 0 atom stereocenters. The van der Waals surface area contributed by atoms with E-state index in [2.05, 4.69) is 24.5 Å². The highest BCUT2D eigenvalue weighted by Crippen LogP contribution is 1.97. The second-order valence-electron chi connectivity index (χ2n) is 3.80. The summed E-state index contributed by atoms with van der Waals surface area (Å²) < 4.78 is 4.88. The molecule has 5 heteroatoms. The molecule has 0 radical (unpaired) electrons. The standard InChI is InChI=1S/C12H21NO3S/c1-10(2)12(15)16-8-5-7-13-11(14)6-3-4-9-17/h17H,1,3-9H2,2H3,(H,13,14). The molecule has 0 saturated heterocycles. The molecule has 0 bridgehead atoms. The van der Waals surface area contributed by atoms with Crippen LogP contribution in [0.4, 0.5) is 0 Å². The fraction of sp³-hybridized carbons (Fsp3) is 0.667. The highest BCUT2D eigenvalue weighted by Gasteiger charge is 2.03. The highest BCUT2D eigenvalue weighted by atomic mass is 32.1. The molecule has 0 rings (SSSR count). The lowest BCUT2D eigenvalue weighted by molar-refractivity contribution is -0.138. The van der Waals surface area contributed by atoms with E-state index in [0.29, 0.717) is 31.6 Å². The molecule has 1 amide bonds. The summed E-state index contributed by atoms with van der Waals surface area (Å²) in [5, 5.41) is 2.77. The molecule has 0 aliphatic heterocycles. The Morgan fingerprint density at radius 1 is 1.29 bits per heavy atom. The van der Waals surface area contributed by atoms with Crippen molar-refractivity contribution < 1.29 is 14.3 Å². The van der Waals surface area contributed by atoms with E-state index in [0.717, 1.165) is 18.6 Å². The molecule has 0 aromatic carbocycles. The van der Waals surface area contributed by atoms with Crippen LogP contribution in [-0.2, 0) is 14.3 Å². The highest BCUT2D eigenvalue weighted by molar-refractivity contribution is 7.80. The molecule has 0 aliphatic rings. The van der Waals surface area contributed by atoms with Crippen molar-refractivity contribution in [2.45, 2.75) is 32.6 Å². The van der Waals surface area contributed by atoms with E-state index in [-0.39, 0.29) is 11.9 Å². The number of rotatable bonds is 9. The summed E-state index contributed by atoms with van der Waals surface area (Å²) in [4.78, 5) is 22.3. The lowest BCUT2D eigenvalue weighted by Gasteiger charge is -2.06. The third kappa shape index (κ3) is 9.93. The molecule has 17 heavy (non-hydrogen) atoms. The molecule has 4 nitrogen and oxygen atoms in total. The van der Waals surface area contributed by atoms with Gasteiger partial charge in [-0.15, -0.1) is 0 Å². The first kappa shape index (κ1) is 16.0. The third-order valence-electron chi connectivity index (χ3n) is 2.04. The number of hydrogen-bond donors (Lipinski definition) is 2. The predicted molar refractivity (Wildman–Crippen MR) is 71.1 cm³/mol. The number of thiol groups is 1. The van der Waals surface area contributed by atoms with E-state index in [4.69, 9.17) is 4.74 Å². The Balaban J connectivity index is 3.36. The van der Waals surface area contributed by atoms with Gasteiger partial charge in [0.05, 0.1) is 6.61 Å². The number of carbonyl (C=O) groups excluding carboxylic acids is 2. The zero-order chi connectivity index (χ0) is 13.1. The molecule has 0 aliphatic carbocycles. The van der Waals surface area contributed by atoms with Crippen molar-refractivity contribution in [2.24, 2.45) is 0 Å². The number of hydrogen-bond acceptors (Lipinski definition) is 4. The number of ether oxygens (including phenoxy) is 1. The fourth-order valence-electron chi connectivity index (χ4n) is 1.07. The van der Waals surface area contributed by atoms with Crippen molar-refractivity contribution >= 4 is 24.5 Å². The molecular formula is C12H21NO3S. The van der Waals surface area contributed by atoms with Crippen LogP contribution < -0.4 is 5.32 Å². The van der Waals surface area contributed by atoms with E-state index in [1.165, 1.54) is 0 Å². The maximum absolute atomic E-state index is 11.3. The predicted octanol–water partition coefficient (Wildman–Crippen LogP) is 1.71. The molecule has 0 unspecified atom stereocenters. The van der Waals surface area contributed by atoms with Crippen molar-refractivity contribution in [1.29, 1.82) is 0 Å². The Bertz CT molecular complexity index is 266. The molecule has 0 spiro atoms. The van der Waals surface area contributed by atoms with E-state index in [1.54, 1.807) is 6.92 Å². The second-order valence-corrected chi connectivity index (χ2v) is 4.25. The maximum Gasteiger partial charge on any atom is 0.333 e. The quantitative estimate of drug-likeness (QED) is 0.287. The van der Waals surface area contributed by atoms with E-state index >= 15 is 0 Å². The number of unbranched alkanes of at least 4 members (excludes halogenated alkanes) is 1. The van der Waals surface area contributed by atoms with Crippen molar-refractivity contribution in [3.05, 3.63) is 12.2 Å². The lowest BCUT2D eigenvalue weighted by Crippen LogP contribution is -2.25. The monoisotopic (exact) mass is 259 g/mol. The van der Waals surface area contributed by atoms with Crippen LogP contribution in [-0.4, -0.2) is 30.8 Å². The Morgan fingerprint density at radius 3 is 2.59 bits per heavy atom. The Hall–Kier alpha value is -0.970. The molecule has 0 saturated carbocycles. The van der Waals surface area contributed by atoms with Crippen LogP contribution in [0.3, 0.4) is 0 Å². The lowest BCUT2D eigenvalue weighted by atomic mass is 10.2. The van der Waals surface area contributed by atoms with Gasteiger partial charge in [0.15, 0.2) is 0 Å². The van der Waals surface area contributed by atoms with Crippen LogP contribution >= 0.6 is 12.6 Å². The molecule has 0 heterocycles. The molecule has 1 N–H and O–H groups in total. The smallest absolute Gasteiger partial charge is 0.333 e. The maximum atomic E-state index is 11.3. The first-order valence-corrected chi connectivity index (χ1v) is 6.41. The molecule has 0 fully saturated rings. The summed E-state index contributed by atoms with van der Waals surface area (Å²) in [6, 6.07) is 0. The Kier molecular flexibility index (Phi) is 9.62.